The molecule has 1 aliphatic heterocycles. The van der Waals surface area contributed by atoms with Crippen LogP contribution in [0.1, 0.15) is 5.56 Å². The number of carbonyl (C=O) groups is 1. The van der Waals surface area contributed by atoms with Crippen molar-refractivity contribution in [1.82, 2.24) is 5.06 Å². The van der Waals surface area contributed by atoms with Crippen molar-refractivity contribution in [2.24, 2.45) is 0 Å². The zero-order valence-corrected chi connectivity index (χ0v) is 15.4. The molecule has 0 aromatic heterocycles. The third kappa shape index (κ3) is 3.48. The van der Waals surface area contributed by atoms with Gasteiger partial charge in [0.25, 0.3) is 5.91 Å². The smallest absolute Gasteiger partial charge is 0.261 e. The molecule has 4 rings (SSSR count). The van der Waals surface area contributed by atoms with Gasteiger partial charge >= 0.3 is 0 Å². The fraction of sp³-hybridized carbons (Fsp3) is 0.0870. The number of hydroxylamine groups is 2. The van der Waals surface area contributed by atoms with Crippen LogP contribution < -0.4 is 9.64 Å². The van der Waals surface area contributed by atoms with E-state index >= 15 is 0 Å². The first-order valence-electron chi connectivity index (χ1n) is 8.99. The van der Waals surface area contributed by atoms with Crippen molar-refractivity contribution in [2.75, 3.05) is 18.5 Å². The van der Waals surface area contributed by atoms with Gasteiger partial charge in [-0.25, -0.2) is 0 Å². The summed E-state index contributed by atoms with van der Waals surface area (Å²) in [5.74, 6) is 1.29. The minimum atomic E-state index is -0.140. The van der Waals surface area contributed by atoms with Crippen LogP contribution in [0.15, 0.2) is 90.6 Å². The summed E-state index contributed by atoms with van der Waals surface area (Å²) in [7, 11) is 1.53. The first-order valence-corrected chi connectivity index (χ1v) is 8.99. The number of ether oxygens (including phenoxy) is 1. The fourth-order valence-corrected chi connectivity index (χ4v) is 3.24. The molecule has 0 radical (unpaired) electrons. The zero-order valence-electron chi connectivity index (χ0n) is 15.4. The highest BCUT2D eigenvalue weighted by Crippen LogP contribution is 2.33. The highest BCUT2D eigenvalue weighted by molar-refractivity contribution is 6.29. The molecule has 5 heteroatoms. The van der Waals surface area contributed by atoms with Gasteiger partial charge in [-0.05, 0) is 42.0 Å². The maximum atomic E-state index is 13.1. The largest absolute Gasteiger partial charge is 0.457 e. The number of para-hydroxylation sites is 2. The lowest BCUT2D eigenvalue weighted by atomic mass is 10.0. The molecule has 1 amide bonds. The summed E-state index contributed by atoms with van der Waals surface area (Å²) in [4.78, 5) is 14.8. The van der Waals surface area contributed by atoms with Gasteiger partial charge in [0, 0.05) is 12.7 Å². The molecule has 0 fully saturated rings. The molecule has 0 unspecified atom stereocenters. The third-order valence-corrected chi connectivity index (χ3v) is 4.64. The van der Waals surface area contributed by atoms with Crippen LogP contribution >= 0.6 is 0 Å². The van der Waals surface area contributed by atoms with Crippen LogP contribution in [-0.4, -0.2) is 29.8 Å². The Labute approximate surface area is 163 Å². The molecule has 5 nitrogen and oxygen atoms in total. The van der Waals surface area contributed by atoms with Crippen molar-refractivity contribution in [3.63, 3.8) is 0 Å². The topological polar surface area (TPSA) is 53.0 Å². The van der Waals surface area contributed by atoms with E-state index in [2.05, 4.69) is 0 Å². The number of anilines is 1. The van der Waals surface area contributed by atoms with Gasteiger partial charge in [-0.15, -0.1) is 0 Å². The van der Waals surface area contributed by atoms with Gasteiger partial charge in [-0.1, -0.05) is 48.5 Å². The summed E-state index contributed by atoms with van der Waals surface area (Å²) in [6, 6.07) is 26.3. The number of hydrogen-bond acceptors (Lipinski definition) is 4. The Hall–Kier alpha value is -3.57. The Kier molecular flexibility index (Phi) is 4.83. The Morgan fingerprint density at radius 3 is 2.04 bits per heavy atom. The highest BCUT2D eigenvalue weighted by atomic mass is 16.5. The van der Waals surface area contributed by atoms with Crippen molar-refractivity contribution < 1.29 is 14.7 Å². The van der Waals surface area contributed by atoms with E-state index in [1.165, 1.54) is 7.05 Å². The first-order chi connectivity index (χ1) is 13.6. The van der Waals surface area contributed by atoms with Crippen molar-refractivity contribution in [1.29, 1.82) is 0 Å². The van der Waals surface area contributed by atoms with Crippen LogP contribution in [0.2, 0.25) is 0 Å². The lowest BCUT2D eigenvalue weighted by Crippen LogP contribution is -2.27. The van der Waals surface area contributed by atoms with E-state index in [1.54, 1.807) is 4.90 Å². The molecule has 0 aliphatic carbocycles. The number of likely N-dealkylation sites (N-methyl/N-ethyl adjacent to an activating group) is 1. The van der Waals surface area contributed by atoms with Gasteiger partial charge in [0.15, 0.2) is 0 Å². The van der Waals surface area contributed by atoms with E-state index in [1.807, 2.05) is 84.9 Å². The molecule has 0 atom stereocenters. The first kappa shape index (κ1) is 17.8. The van der Waals surface area contributed by atoms with Crippen molar-refractivity contribution in [3.05, 3.63) is 96.2 Å². The number of carbonyl (C=O) groups excluding carboxylic acids is 1. The van der Waals surface area contributed by atoms with Gasteiger partial charge < -0.3 is 9.64 Å². The lowest BCUT2D eigenvalue weighted by Gasteiger charge is -2.18. The summed E-state index contributed by atoms with van der Waals surface area (Å²) < 4.78 is 5.82. The van der Waals surface area contributed by atoms with E-state index in [0.717, 1.165) is 22.1 Å². The molecule has 1 heterocycles. The monoisotopic (exact) mass is 372 g/mol. The number of nitrogens with zero attached hydrogens (tertiary/aromatic N) is 2. The summed E-state index contributed by atoms with van der Waals surface area (Å²) >= 11 is 0. The summed E-state index contributed by atoms with van der Waals surface area (Å²) in [5.41, 5.74) is 2.58. The second kappa shape index (κ2) is 7.58. The second-order valence-corrected chi connectivity index (χ2v) is 6.51. The van der Waals surface area contributed by atoms with Crippen molar-refractivity contribution >= 4 is 17.2 Å². The third-order valence-electron chi connectivity index (χ3n) is 4.64. The predicted molar refractivity (Wildman–Crippen MR) is 108 cm³/mol. The van der Waals surface area contributed by atoms with Crippen LogP contribution in [0.5, 0.6) is 11.5 Å². The number of benzene rings is 3. The molecule has 0 spiro atoms. The van der Waals surface area contributed by atoms with E-state index in [-0.39, 0.29) is 5.91 Å². The molecular weight excluding hydrogens is 352 g/mol. The minimum absolute atomic E-state index is 0.140. The molecular formula is C23H20N2O3. The quantitative estimate of drug-likeness (QED) is 0.667. The Morgan fingerprint density at radius 1 is 0.857 bits per heavy atom. The highest BCUT2D eigenvalue weighted by Gasteiger charge is 2.33. The molecule has 1 N–H and O–H groups in total. The summed E-state index contributed by atoms with van der Waals surface area (Å²) in [6.07, 6.45) is 0. The van der Waals surface area contributed by atoms with Crippen molar-refractivity contribution in [3.8, 4) is 11.5 Å². The standard InChI is InChI=1S/C23H20N2O3/c1-24(27)21-16-25(18-8-4-2-5-9-18)23(26)22(21)17-12-14-20(15-13-17)28-19-10-6-3-7-11-19/h2-15,27H,16H2,1H3. The van der Waals surface area contributed by atoms with Gasteiger partial charge in [-0.2, -0.15) is 0 Å². The van der Waals surface area contributed by atoms with Gasteiger partial charge in [-0.3, -0.25) is 15.1 Å². The van der Waals surface area contributed by atoms with E-state index < -0.39 is 0 Å². The van der Waals surface area contributed by atoms with Gasteiger partial charge in [0.1, 0.15) is 11.5 Å². The Bertz CT molecular complexity index is 997. The predicted octanol–water partition coefficient (Wildman–Crippen LogP) is 4.56. The fourth-order valence-electron chi connectivity index (χ4n) is 3.24. The average Bonchev–Trinajstić information content (AvgIpc) is 3.08. The molecule has 0 saturated carbocycles. The maximum absolute atomic E-state index is 13.1. The molecule has 3 aromatic rings. The molecule has 1 aliphatic rings. The number of hydrogen-bond donors (Lipinski definition) is 1. The molecule has 28 heavy (non-hydrogen) atoms. The van der Waals surface area contributed by atoms with Gasteiger partial charge in [0.05, 0.1) is 17.8 Å². The molecule has 0 bridgehead atoms. The maximum Gasteiger partial charge on any atom is 0.261 e. The molecule has 0 saturated heterocycles. The zero-order chi connectivity index (χ0) is 19.5. The van der Waals surface area contributed by atoms with Crippen molar-refractivity contribution in [2.45, 2.75) is 0 Å². The minimum Gasteiger partial charge on any atom is -0.457 e. The Morgan fingerprint density at radius 2 is 1.43 bits per heavy atom. The van der Waals surface area contributed by atoms with E-state index in [4.69, 9.17) is 4.74 Å². The average molecular weight is 372 g/mol. The number of amides is 1. The van der Waals surface area contributed by atoms with Gasteiger partial charge in [0.2, 0.25) is 0 Å². The number of rotatable bonds is 5. The van der Waals surface area contributed by atoms with Crippen LogP contribution in [0, 0.1) is 0 Å². The summed E-state index contributed by atoms with van der Waals surface area (Å²) in [5, 5.41) is 11.1. The summed E-state index contributed by atoms with van der Waals surface area (Å²) in [6.45, 7) is 0.313. The SMILES string of the molecule is CN(O)C1=C(c2ccc(Oc3ccccc3)cc2)C(=O)N(c2ccccc2)C1. The molecule has 3 aromatic carbocycles. The van der Waals surface area contributed by atoms with E-state index in [0.29, 0.717) is 23.6 Å². The van der Waals surface area contributed by atoms with Crippen LogP contribution in [-0.2, 0) is 4.79 Å². The Balaban J connectivity index is 1.62. The van der Waals surface area contributed by atoms with E-state index in [9.17, 15) is 10.0 Å². The lowest BCUT2D eigenvalue weighted by molar-refractivity contribution is -0.112. The normalized spacial score (nSPS) is 13.8. The van der Waals surface area contributed by atoms with Crippen LogP contribution in [0.4, 0.5) is 5.69 Å². The molecule has 140 valence electrons. The van der Waals surface area contributed by atoms with Crippen LogP contribution in [0.3, 0.4) is 0 Å². The van der Waals surface area contributed by atoms with Crippen LogP contribution in [0.25, 0.3) is 5.57 Å². The second-order valence-electron chi connectivity index (χ2n) is 6.51.